The second-order valence-corrected chi connectivity index (χ2v) is 15.3. The molecule has 2 heterocycles. The molecule has 0 atom stereocenters. The highest BCUT2D eigenvalue weighted by molar-refractivity contribution is 7.98. The van der Waals surface area contributed by atoms with Gasteiger partial charge >= 0.3 is 0 Å². The fourth-order valence-corrected chi connectivity index (χ4v) is 4.56. The largest absolute Gasteiger partial charge is 0.396 e. The van der Waals surface area contributed by atoms with Gasteiger partial charge in [0.05, 0.1) is 17.1 Å². The number of nitrogens with one attached hydrogen (secondary N) is 1. The Balaban J connectivity index is 2.10. The predicted molar refractivity (Wildman–Crippen MR) is 135 cm³/mol. The first kappa shape index (κ1) is 24.9. The summed E-state index contributed by atoms with van der Waals surface area (Å²) in [6, 6.07) is 9.27. The Bertz CT molecular complexity index is 1150. The van der Waals surface area contributed by atoms with Gasteiger partial charge in [-0.2, -0.15) is 0 Å². The molecule has 0 bridgehead atoms. The lowest BCUT2D eigenvalue weighted by atomic mass is 10.0. The van der Waals surface area contributed by atoms with E-state index in [0.717, 1.165) is 22.5 Å². The number of anilines is 2. The molecule has 0 aliphatic carbocycles. The Morgan fingerprint density at radius 1 is 1.24 bits per heavy atom. The Morgan fingerprint density at radius 2 is 2.00 bits per heavy atom. The second-order valence-electron chi connectivity index (χ2n) is 8.92. The zero-order chi connectivity index (χ0) is 24.2. The van der Waals surface area contributed by atoms with E-state index in [1.807, 2.05) is 16.9 Å². The number of benzene rings is 1. The van der Waals surface area contributed by atoms with Crippen molar-refractivity contribution in [2.75, 3.05) is 23.9 Å². The van der Waals surface area contributed by atoms with Gasteiger partial charge in [-0.05, 0) is 42.6 Å². The summed E-state index contributed by atoms with van der Waals surface area (Å²) in [6.45, 7) is 9.34. The molecule has 0 fully saturated rings. The number of nitrogens with zero attached hydrogens (tertiary/aromatic N) is 3. The van der Waals surface area contributed by atoms with Crippen LogP contribution >= 0.6 is 11.8 Å². The van der Waals surface area contributed by atoms with Crippen molar-refractivity contribution in [1.29, 1.82) is 0 Å². The van der Waals surface area contributed by atoms with E-state index in [1.165, 1.54) is 24.8 Å². The van der Waals surface area contributed by atoms with E-state index < -0.39 is 13.9 Å². The first-order valence-electron chi connectivity index (χ1n) is 10.6. The van der Waals surface area contributed by atoms with Crippen LogP contribution in [0.2, 0.25) is 25.7 Å². The topological polar surface area (TPSA) is 95.1 Å². The molecule has 3 N–H and O–H groups in total. The van der Waals surface area contributed by atoms with Crippen molar-refractivity contribution in [2.24, 2.45) is 0 Å². The van der Waals surface area contributed by atoms with Crippen LogP contribution in [0.3, 0.4) is 0 Å². The molecule has 0 spiro atoms. The molecule has 1 aromatic carbocycles. The van der Waals surface area contributed by atoms with Gasteiger partial charge in [-0.1, -0.05) is 31.4 Å². The summed E-state index contributed by atoms with van der Waals surface area (Å²) in [4.78, 5) is 20.6. The van der Waals surface area contributed by atoms with Crippen LogP contribution in [0.1, 0.15) is 6.92 Å². The number of carbonyl (C=O) groups is 1. The highest BCUT2D eigenvalue weighted by Crippen LogP contribution is 2.37. The van der Waals surface area contributed by atoms with E-state index >= 15 is 0 Å². The Kier molecular flexibility index (Phi) is 7.93. The lowest BCUT2D eigenvalue weighted by Crippen LogP contribution is -2.22. The highest BCUT2D eigenvalue weighted by Gasteiger charge is 2.22. The van der Waals surface area contributed by atoms with Crippen LogP contribution in [0.25, 0.3) is 22.5 Å². The van der Waals surface area contributed by atoms with E-state index in [4.69, 9.17) is 15.5 Å². The van der Waals surface area contributed by atoms with Crippen LogP contribution in [0, 0.1) is 5.82 Å². The zero-order valence-electron chi connectivity index (χ0n) is 19.6. The number of nitrogens with two attached hydrogens (primary N) is 1. The van der Waals surface area contributed by atoms with Gasteiger partial charge in [0, 0.05) is 38.9 Å². The van der Waals surface area contributed by atoms with Crippen molar-refractivity contribution in [3.05, 3.63) is 42.3 Å². The third kappa shape index (κ3) is 6.43. The van der Waals surface area contributed by atoms with Crippen LogP contribution in [-0.2, 0) is 16.3 Å². The molecule has 0 radical (unpaired) electrons. The molecule has 10 heteroatoms. The molecule has 0 aliphatic heterocycles. The van der Waals surface area contributed by atoms with Crippen LogP contribution in [-0.4, -0.2) is 41.4 Å². The number of amides is 1. The van der Waals surface area contributed by atoms with Crippen LogP contribution < -0.4 is 11.1 Å². The van der Waals surface area contributed by atoms with E-state index in [-0.39, 0.29) is 11.6 Å². The number of pyridine rings is 1. The number of rotatable bonds is 9. The van der Waals surface area contributed by atoms with E-state index in [1.54, 1.807) is 24.4 Å². The van der Waals surface area contributed by atoms with Gasteiger partial charge in [0.1, 0.15) is 18.4 Å². The van der Waals surface area contributed by atoms with E-state index in [0.29, 0.717) is 30.4 Å². The van der Waals surface area contributed by atoms with Crippen molar-refractivity contribution in [1.82, 2.24) is 14.5 Å². The number of nitrogen functional groups attached to an aromatic ring is 1. The van der Waals surface area contributed by atoms with Crippen LogP contribution in [0.4, 0.5) is 15.9 Å². The summed E-state index contributed by atoms with van der Waals surface area (Å²) in [5.74, 6) is -0.252. The molecule has 7 nitrogen and oxygen atoms in total. The summed E-state index contributed by atoms with van der Waals surface area (Å²) in [6.07, 6.45) is 3.58. The number of imidazole rings is 1. The SMILES string of the molecule is CSc1nc(-c2ccc(F)c(N)c2)c(-c2ccnc(NC(C)=O)c2)n1COCC[Si](C)(C)C. The third-order valence-electron chi connectivity index (χ3n) is 4.94. The number of aromatic nitrogens is 3. The van der Waals surface area contributed by atoms with Gasteiger partial charge in [0.2, 0.25) is 5.91 Å². The summed E-state index contributed by atoms with van der Waals surface area (Å²) in [5.41, 5.74) is 8.83. The fourth-order valence-electron chi connectivity index (χ4n) is 3.25. The predicted octanol–water partition coefficient (Wildman–Crippen LogP) is 5.33. The molecule has 33 heavy (non-hydrogen) atoms. The fraction of sp³-hybridized carbons (Fsp3) is 0.348. The molecular weight excluding hydrogens is 457 g/mol. The molecule has 3 aromatic rings. The molecule has 2 aromatic heterocycles. The zero-order valence-corrected chi connectivity index (χ0v) is 21.4. The standard InChI is InChI=1S/C23H30FN5O2SSi/c1-15(30)27-20-13-17(8-9-26-20)22-21(16-6-7-18(24)19(25)12-16)28-23(32-2)29(22)14-31-10-11-33(3,4)5/h6-9,12-13H,10-11,14,25H2,1-5H3,(H,26,27,30). The molecule has 0 saturated heterocycles. The number of thioether (sulfide) groups is 1. The maximum Gasteiger partial charge on any atom is 0.222 e. The number of carbonyl (C=O) groups excluding carboxylic acids is 1. The van der Waals surface area contributed by atoms with Crippen LogP contribution in [0.5, 0.6) is 0 Å². The Hall–Kier alpha value is -2.69. The normalized spacial score (nSPS) is 11.6. The van der Waals surface area contributed by atoms with Gasteiger partial charge in [0.25, 0.3) is 0 Å². The monoisotopic (exact) mass is 487 g/mol. The third-order valence-corrected chi connectivity index (χ3v) is 7.32. The van der Waals surface area contributed by atoms with Crippen molar-refractivity contribution < 1.29 is 13.9 Å². The van der Waals surface area contributed by atoms with Gasteiger partial charge in [-0.25, -0.2) is 14.4 Å². The average molecular weight is 488 g/mol. The summed E-state index contributed by atoms with van der Waals surface area (Å²) >= 11 is 1.50. The quantitative estimate of drug-likeness (QED) is 0.183. The molecular formula is C23H30FN5O2SSi. The molecule has 0 saturated carbocycles. The minimum absolute atomic E-state index is 0.0544. The van der Waals surface area contributed by atoms with E-state index in [9.17, 15) is 9.18 Å². The number of hydrogen-bond acceptors (Lipinski definition) is 6. The number of ether oxygens (including phenoxy) is 1. The van der Waals surface area contributed by atoms with E-state index in [2.05, 4.69) is 29.9 Å². The van der Waals surface area contributed by atoms with Crippen molar-refractivity contribution in [3.63, 3.8) is 0 Å². The first-order valence-corrected chi connectivity index (χ1v) is 15.5. The Morgan fingerprint density at radius 3 is 2.64 bits per heavy atom. The number of halogens is 1. The highest BCUT2D eigenvalue weighted by atomic mass is 32.2. The second kappa shape index (κ2) is 10.5. The summed E-state index contributed by atoms with van der Waals surface area (Å²) in [7, 11) is -1.23. The smallest absolute Gasteiger partial charge is 0.222 e. The number of hydrogen-bond donors (Lipinski definition) is 2. The average Bonchev–Trinajstić information content (AvgIpc) is 3.11. The van der Waals surface area contributed by atoms with Gasteiger partial charge in [-0.3, -0.25) is 9.36 Å². The lowest BCUT2D eigenvalue weighted by Gasteiger charge is -2.17. The van der Waals surface area contributed by atoms with Crippen molar-refractivity contribution in [3.8, 4) is 22.5 Å². The van der Waals surface area contributed by atoms with Crippen molar-refractivity contribution in [2.45, 2.75) is 44.5 Å². The molecule has 0 aliphatic rings. The maximum atomic E-state index is 13.8. The minimum atomic E-state index is -1.23. The summed E-state index contributed by atoms with van der Waals surface area (Å²) < 4.78 is 21.9. The maximum absolute atomic E-state index is 13.8. The van der Waals surface area contributed by atoms with Gasteiger partial charge < -0.3 is 15.8 Å². The minimum Gasteiger partial charge on any atom is -0.396 e. The molecule has 176 valence electrons. The van der Waals surface area contributed by atoms with Gasteiger partial charge in [-0.15, -0.1) is 0 Å². The molecule has 3 rings (SSSR count). The molecule has 1 amide bonds. The van der Waals surface area contributed by atoms with Gasteiger partial charge in [0.15, 0.2) is 5.16 Å². The Labute approximate surface area is 199 Å². The summed E-state index contributed by atoms with van der Waals surface area (Å²) in [5, 5.41) is 3.48. The lowest BCUT2D eigenvalue weighted by molar-refractivity contribution is -0.114. The first-order chi connectivity index (χ1) is 15.6. The van der Waals surface area contributed by atoms with Crippen LogP contribution in [0.15, 0.2) is 41.7 Å². The molecule has 0 unspecified atom stereocenters. The van der Waals surface area contributed by atoms with Crippen molar-refractivity contribution >= 4 is 37.2 Å².